The lowest BCUT2D eigenvalue weighted by Gasteiger charge is -2.27. The number of anilines is 1. The van der Waals surface area contributed by atoms with Crippen LogP contribution in [0, 0.1) is 6.92 Å². The van der Waals surface area contributed by atoms with Gasteiger partial charge in [-0.15, -0.1) is 0 Å². The lowest BCUT2D eigenvalue weighted by atomic mass is 10.1. The van der Waals surface area contributed by atoms with Gasteiger partial charge in [-0.1, -0.05) is 0 Å². The third kappa shape index (κ3) is 3.09. The number of ether oxygens (including phenoxy) is 1. The Labute approximate surface area is 115 Å². The summed E-state index contributed by atoms with van der Waals surface area (Å²) in [5.41, 5.74) is 8.11. The smallest absolute Gasteiger partial charge is 0.130 e. The van der Waals surface area contributed by atoms with E-state index in [9.17, 15) is 0 Å². The minimum atomic E-state index is 0.362. The van der Waals surface area contributed by atoms with E-state index in [4.69, 9.17) is 10.5 Å². The van der Waals surface area contributed by atoms with Crippen molar-refractivity contribution in [3.8, 4) is 0 Å². The van der Waals surface area contributed by atoms with Crippen LogP contribution in [0.5, 0.6) is 0 Å². The maximum atomic E-state index is 5.76. The lowest BCUT2D eigenvalue weighted by Crippen LogP contribution is -2.34. The fraction of sp³-hybridized carbons (Fsp3) is 0.786. The summed E-state index contributed by atoms with van der Waals surface area (Å²) in [7, 11) is 2.01. The highest BCUT2D eigenvalue weighted by Gasteiger charge is 2.23. The minimum absolute atomic E-state index is 0.362. The van der Waals surface area contributed by atoms with E-state index in [1.54, 1.807) is 0 Å². The van der Waals surface area contributed by atoms with Crippen LogP contribution in [0.2, 0.25) is 0 Å². The van der Waals surface area contributed by atoms with Crippen molar-refractivity contribution in [3.63, 3.8) is 0 Å². The zero-order valence-corrected chi connectivity index (χ0v) is 12.4. The fourth-order valence-electron chi connectivity index (χ4n) is 2.92. The average Bonchev–Trinajstić information content (AvgIpc) is 2.97. The molecule has 0 aromatic carbocycles. The first-order valence-corrected chi connectivity index (χ1v) is 7.26. The van der Waals surface area contributed by atoms with Gasteiger partial charge < -0.3 is 15.4 Å². The van der Waals surface area contributed by atoms with Crippen molar-refractivity contribution < 1.29 is 4.74 Å². The predicted molar refractivity (Wildman–Crippen MR) is 77.6 cm³/mol. The van der Waals surface area contributed by atoms with E-state index in [1.807, 2.05) is 11.7 Å². The molecule has 1 fully saturated rings. The molecule has 1 unspecified atom stereocenters. The minimum Gasteiger partial charge on any atom is -0.376 e. The van der Waals surface area contributed by atoms with Gasteiger partial charge in [0.1, 0.15) is 5.82 Å². The van der Waals surface area contributed by atoms with Crippen molar-refractivity contribution in [2.45, 2.75) is 39.2 Å². The summed E-state index contributed by atoms with van der Waals surface area (Å²) in [6.45, 7) is 7.74. The Morgan fingerprint density at radius 1 is 1.53 bits per heavy atom. The Bertz CT molecular complexity index is 410. The topological polar surface area (TPSA) is 56.3 Å². The Hall–Kier alpha value is -1.07. The van der Waals surface area contributed by atoms with Gasteiger partial charge in [0.2, 0.25) is 0 Å². The number of nitrogens with two attached hydrogens (primary N) is 1. The summed E-state index contributed by atoms with van der Waals surface area (Å²) in [4.78, 5) is 2.38. The third-order valence-corrected chi connectivity index (χ3v) is 3.84. The van der Waals surface area contributed by atoms with Crippen molar-refractivity contribution >= 4 is 5.82 Å². The van der Waals surface area contributed by atoms with E-state index in [0.29, 0.717) is 12.6 Å². The molecule has 1 aromatic rings. The van der Waals surface area contributed by atoms with Crippen molar-refractivity contribution in [3.05, 3.63) is 11.3 Å². The quantitative estimate of drug-likeness (QED) is 0.841. The first-order chi connectivity index (χ1) is 9.17. The third-order valence-electron chi connectivity index (χ3n) is 3.84. The SMILES string of the molecule is CCN(CC1CCCO1)c1c(CCN)c(C)nn1C. The van der Waals surface area contributed by atoms with E-state index in [-0.39, 0.29) is 0 Å². The highest BCUT2D eigenvalue weighted by atomic mass is 16.5. The molecule has 2 N–H and O–H groups in total. The van der Waals surface area contributed by atoms with E-state index in [1.165, 1.54) is 24.2 Å². The highest BCUT2D eigenvalue weighted by molar-refractivity contribution is 5.50. The molecule has 5 nitrogen and oxygen atoms in total. The molecule has 5 heteroatoms. The van der Waals surface area contributed by atoms with Crippen LogP contribution < -0.4 is 10.6 Å². The molecule has 0 spiro atoms. The molecule has 0 aliphatic carbocycles. The van der Waals surface area contributed by atoms with E-state index < -0.39 is 0 Å². The van der Waals surface area contributed by atoms with Crippen molar-refractivity contribution in [1.29, 1.82) is 0 Å². The number of aryl methyl sites for hydroxylation is 2. The van der Waals surface area contributed by atoms with E-state index in [0.717, 1.165) is 31.8 Å². The molecule has 19 heavy (non-hydrogen) atoms. The van der Waals surface area contributed by atoms with Crippen LogP contribution in [0.3, 0.4) is 0 Å². The van der Waals surface area contributed by atoms with Crippen LogP contribution in [-0.2, 0) is 18.2 Å². The normalized spacial score (nSPS) is 19.1. The molecule has 2 rings (SSSR count). The van der Waals surface area contributed by atoms with Gasteiger partial charge in [-0.25, -0.2) is 0 Å². The first kappa shape index (κ1) is 14.3. The zero-order chi connectivity index (χ0) is 13.8. The van der Waals surface area contributed by atoms with Crippen LogP contribution in [-0.4, -0.2) is 42.1 Å². The summed E-state index contributed by atoms with van der Waals surface area (Å²) in [5, 5.41) is 4.55. The maximum Gasteiger partial charge on any atom is 0.130 e. The Morgan fingerprint density at radius 3 is 2.89 bits per heavy atom. The molecule has 1 atom stereocenters. The molecule has 0 bridgehead atoms. The zero-order valence-electron chi connectivity index (χ0n) is 12.4. The number of nitrogens with zero attached hydrogens (tertiary/aromatic N) is 3. The van der Waals surface area contributed by atoms with Gasteiger partial charge in [-0.05, 0) is 39.7 Å². The summed E-state index contributed by atoms with van der Waals surface area (Å²) in [5.74, 6) is 1.21. The number of rotatable bonds is 6. The Morgan fingerprint density at radius 2 is 2.32 bits per heavy atom. The van der Waals surface area contributed by atoms with Gasteiger partial charge in [-0.3, -0.25) is 4.68 Å². The van der Waals surface area contributed by atoms with Gasteiger partial charge in [-0.2, -0.15) is 5.10 Å². The van der Waals surface area contributed by atoms with Gasteiger partial charge >= 0.3 is 0 Å². The molecule has 0 radical (unpaired) electrons. The molecule has 1 aromatic heterocycles. The van der Waals surface area contributed by atoms with E-state index in [2.05, 4.69) is 23.8 Å². The second kappa shape index (κ2) is 6.39. The van der Waals surface area contributed by atoms with Gasteiger partial charge in [0.15, 0.2) is 0 Å². The molecule has 0 amide bonds. The highest BCUT2D eigenvalue weighted by Crippen LogP contribution is 2.25. The van der Waals surface area contributed by atoms with Crippen LogP contribution >= 0.6 is 0 Å². The average molecular weight is 266 g/mol. The largest absolute Gasteiger partial charge is 0.376 e. The second-order valence-electron chi connectivity index (χ2n) is 5.22. The monoisotopic (exact) mass is 266 g/mol. The Balaban J connectivity index is 2.20. The maximum absolute atomic E-state index is 5.76. The molecule has 1 aliphatic heterocycles. The van der Waals surface area contributed by atoms with E-state index >= 15 is 0 Å². The summed E-state index contributed by atoms with van der Waals surface area (Å²) >= 11 is 0. The van der Waals surface area contributed by atoms with Gasteiger partial charge in [0.25, 0.3) is 0 Å². The fourth-order valence-corrected chi connectivity index (χ4v) is 2.92. The number of aromatic nitrogens is 2. The molecular formula is C14H26N4O. The second-order valence-corrected chi connectivity index (χ2v) is 5.22. The number of likely N-dealkylation sites (N-methyl/N-ethyl adjacent to an activating group) is 1. The summed E-state index contributed by atoms with van der Waals surface area (Å²) < 4.78 is 7.74. The number of hydrogen-bond acceptors (Lipinski definition) is 4. The molecule has 1 saturated heterocycles. The van der Waals surface area contributed by atoms with Crippen LogP contribution in [0.1, 0.15) is 31.0 Å². The van der Waals surface area contributed by atoms with Gasteiger partial charge in [0.05, 0.1) is 11.8 Å². The molecule has 2 heterocycles. The lowest BCUT2D eigenvalue weighted by molar-refractivity contribution is 0.115. The first-order valence-electron chi connectivity index (χ1n) is 7.26. The molecule has 0 saturated carbocycles. The summed E-state index contributed by atoms with van der Waals surface area (Å²) in [6.07, 6.45) is 3.60. The van der Waals surface area contributed by atoms with Crippen LogP contribution in [0.4, 0.5) is 5.82 Å². The molecular weight excluding hydrogens is 240 g/mol. The predicted octanol–water partition coefficient (Wildman–Crippen LogP) is 1.24. The standard InChI is InChI=1S/C14H26N4O/c1-4-18(10-12-6-5-9-19-12)14-13(7-8-15)11(2)16-17(14)3/h12H,4-10,15H2,1-3H3. The number of hydrogen-bond donors (Lipinski definition) is 1. The van der Waals surface area contributed by atoms with Crippen LogP contribution in [0.25, 0.3) is 0 Å². The Kier molecular flexibility index (Phi) is 4.82. The molecule has 1 aliphatic rings. The van der Waals surface area contributed by atoms with Gasteiger partial charge in [0, 0.05) is 32.3 Å². The molecule has 108 valence electrons. The van der Waals surface area contributed by atoms with Crippen molar-refractivity contribution in [2.75, 3.05) is 31.1 Å². The van der Waals surface area contributed by atoms with Crippen LogP contribution in [0.15, 0.2) is 0 Å². The van der Waals surface area contributed by atoms with Crippen molar-refractivity contribution in [2.24, 2.45) is 12.8 Å². The summed E-state index contributed by atoms with van der Waals surface area (Å²) in [6, 6.07) is 0. The van der Waals surface area contributed by atoms with Crippen molar-refractivity contribution in [1.82, 2.24) is 9.78 Å².